The third-order valence-electron chi connectivity index (χ3n) is 4.45. The average Bonchev–Trinajstić information content (AvgIpc) is 3.16. The molecule has 0 saturated heterocycles. The van der Waals surface area contributed by atoms with Crippen molar-refractivity contribution < 1.29 is 9.47 Å². The van der Waals surface area contributed by atoms with Crippen LogP contribution >= 0.6 is 0 Å². The Morgan fingerprint density at radius 3 is 2.85 bits per heavy atom. The van der Waals surface area contributed by atoms with E-state index in [1.807, 2.05) is 30.5 Å². The summed E-state index contributed by atoms with van der Waals surface area (Å²) in [6, 6.07) is 11.8. The van der Waals surface area contributed by atoms with Gasteiger partial charge >= 0.3 is 0 Å². The molecule has 0 spiro atoms. The van der Waals surface area contributed by atoms with Crippen molar-refractivity contribution in [2.45, 2.75) is 19.1 Å². The van der Waals surface area contributed by atoms with Crippen LogP contribution in [0.5, 0.6) is 11.8 Å². The number of hydrogen-bond acceptors (Lipinski definition) is 6. The van der Waals surface area contributed by atoms with Gasteiger partial charge in [0, 0.05) is 49.9 Å². The van der Waals surface area contributed by atoms with Crippen LogP contribution < -0.4 is 9.47 Å². The quantitative estimate of drug-likeness (QED) is 0.679. The summed E-state index contributed by atoms with van der Waals surface area (Å²) in [7, 11) is 1.65. The van der Waals surface area contributed by atoms with Crippen LogP contribution in [0.2, 0.25) is 0 Å². The number of pyridine rings is 2. The minimum Gasteiger partial charge on any atom is -0.481 e. The van der Waals surface area contributed by atoms with Gasteiger partial charge in [-0.05, 0) is 18.2 Å². The van der Waals surface area contributed by atoms with Crippen LogP contribution in [0.15, 0.2) is 55.0 Å². The SMILES string of the molecule is COc1ncccc1CN1Cc2ccnn2[C@H](COc2ccccn2)C1. The number of ether oxygens (including phenoxy) is 2. The first-order chi connectivity index (χ1) is 12.8. The molecule has 1 atom stereocenters. The molecule has 1 aliphatic rings. The smallest absolute Gasteiger partial charge is 0.217 e. The van der Waals surface area contributed by atoms with Gasteiger partial charge in [0.05, 0.1) is 18.8 Å². The highest BCUT2D eigenvalue weighted by atomic mass is 16.5. The van der Waals surface area contributed by atoms with Crippen LogP contribution in [0.4, 0.5) is 0 Å². The van der Waals surface area contributed by atoms with Gasteiger partial charge in [-0.1, -0.05) is 12.1 Å². The Morgan fingerprint density at radius 1 is 1.08 bits per heavy atom. The fourth-order valence-corrected chi connectivity index (χ4v) is 3.29. The number of methoxy groups -OCH3 is 1. The second-order valence-corrected chi connectivity index (χ2v) is 6.24. The van der Waals surface area contributed by atoms with Gasteiger partial charge in [-0.25, -0.2) is 9.97 Å². The fourth-order valence-electron chi connectivity index (χ4n) is 3.29. The van der Waals surface area contributed by atoms with Crippen molar-refractivity contribution >= 4 is 0 Å². The molecule has 7 heteroatoms. The van der Waals surface area contributed by atoms with E-state index in [1.165, 1.54) is 5.69 Å². The Bertz CT molecular complexity index is 852. The highest BCUT2D eigenvalue weighted by molar-refractivity contribution is 5.25. The number of aromatic nitrogens is 4. The topological polar surface area (TPSA) is 65.3 Å². The lowest BCUT2D eigenvalue weighted by molar-refractivity contribution is 0.124. The third-order valence-corrected chi connectivity index (χ3v) is 4.45. The average molecular weight is 351 g/mol. The zero-order chi connectivity index (χ0) is 17.8. The summed E-state index contributed by atoms with van der Waals surface area (Å²) in [5, 5.41) is 4.48. The predicted octanol–water partition coefficient (Wildman–Crippen LogP) is 2.32. The Balaban J connectivity index is 1.49. The maximum Gasteiger partial charge on any atom is 0.217 e. The van der Waals surface area contributed by atoms with Gasteiger partial charge in [-0.15, -0.1) is 0 Å². The Hall–Kier alpha value is -2.93. The fraction of sp³-hybridized carbons (Fsp3) is 0.316. The van der Waals surface area contributed by atoms with E-state index in [2.05, 4.69) is 36.8 Å². The highest BCUT2D eigenvalue weighted by Crippen LogP contribution is 2.24. The zero-order valence-corrected chi connectivity index (χ0v) is 14.7. The molecule has 4 heterocycles. The van der Waals surface area contributed by atoms with Crippen LogP contribution in [0.3, 0.4) is 0 Å². The molecule has 0 fully saturated rings. The minimum atomic E-state index is 0.124. The first kappa shape index (κ1) is 16.5. The van der Waals surface area contributed by atoms with Crippen molar-refractivity contribution in [3.8, 4) is 11.8 Å². The van der Waals surface area contributed by atoms with Crippen molar-refractivity contribution in [3.05, 3.63) is 66.2 Å². The van der Waals surface area contributed by atoms with E-state index in [-0.39, 0.29) is 6.04 Å². The van der Waals surface area contributed by atoms with Crippen molar-refractivity contribution in [2.75, 3.05) is 20.3 Å². The molecule has 0 bridgehead atoms. The van der Waals surface area contributed by atoms with Gasteiger partial charge < -0.3 is 9.47 Å². The summed E-state index contributed by atoms with van der Waals surface area (Å²) >= 11 is 0. The van der Waals surface area contributed by atoms with Crippen molar-refractivity contribution in [3.63, 3.8) is 0 Å². The van der Waals surface area contributed by atoms with Crippen molar-refractivity contribution in [1.82, 2.24) is 24.6 Å². The zero-order valence-electron chi connectivity index (χ0n) is 14.7. The predicted molar refractivity (Wildman–Crippen MR) is 95.9 cm³/mol. The summed E-state index contributed by atoms with van der Waals surface area (Å²) in [6.45, 7) is 2.95. The van der Waals surface area contributed by atoms with Crippen LogP contribution in [0.25, 0.3) is 0 Å². The number of rotatable bonds is 6. The van der Waals surface area contributed by atoms with Gasteiger partial charge in [0.15, 0.2) is 0 Å². The van der Waals surface area contributed by atoms with Crippen molar-refractivity contribution in [1.29, 1.82) is 0 Å². The molecular weight excluding hydrogens is 330 g/mol. The summed E-state index contributed by atoms with van der Waals surface area (Å²) in [6.07, 6.45) is 5.32. The van der Waals surface area contributed by atoms with Crippen molar-refractivity contribution in [2.24, 2.45) is 0 Å². The molecule has 0 amide bonds. The Morgan fingerprint density at radius 2 is 2.00 bits per heavy atom. The standard InChI is InChI=1S/C19H21N5O2/c1-25-19-15(5-4-9-21-19)11-23-12-16-7-10-22-24(16)17(13-23)14-26-18-6-2-3-8-20-18/h2-10,17H,11-14H2,1H3/t17-/m0/s1. The molecule has 0 aromatic carbocycles. The molecule has 0 N–H and O–H groups in total. The first-order valence-electron chi connectivity index (χ1n) is 8.60. The highest BCUT2D eigenvalue weighted by Gasteiger charge is 2.27. The molecule has 26 heavy (non-hydrogen) atoms. The van der Waals surface area contributed by atoms with E-state index < -0.39 is 0 Å². The summed E-state index contributed by atoms with van der Waals surface area (Å²) in [4.78, 5) is 10.9. The molecule has 0 unspecified atom stereocenters. The van der Waals surface area contributed by atoms with Gasteiger partial charge in [0.1, 0.15) is 6.61 Å². The second-order valence-electron chi connectivity index (χ2n) is 6.24. The summed E-state index contributed by atoms with van der Waals surface area (Å²) in [5.74, 6) is 1.31. The molecule has 0 saturated carbocycles. The third kappa shape index (κ3) is 3.52. The second kappa shape index (κ2) is 7.53. The van der Waals surface area contributed by atoms with Crippen LogP contribution in [0.1, 0.15) is 17.3 Å². The molecule has 7 nitrogen and oxygen atoms in total. The molecule has 0 radical (unpaired) electrons. The Kier molecular flexibility index (Phi) is 4.79. The largest absolute Gasteiger partial charge is 0.481 e. The normalized spacial score (nSPS) is 16.9. The molecule has 4 rings (SSSR count). The van der Waals surface area contributed by atoms with Crippen LogP contribution in [0, 0.1) is 0 Å². The Labute approximate surface area is 152 Å². The van der Waals surface area contributed by atoms with E-state index >= 15 is 0 Å². The van der Waals surface area contributed by atoms with E-state index in [4.69, 9.17) is 9.47 Å². The molecular formula is C19H21N5O2. The van der Waals surface area contributed by atoms with E-state index in [0.29, 0.717) is 18.4 Å². The molecule has 3 aromatic rings. The summed E-state index contributed by atoms with van der Waals surface area (Å²) in [5.41, 5.74) is 2.25. The lowest BCUT2D eigenvalue weighted by Gasteiger charge is -2.33. The number of hydrogen-bond donors (Lipinski definition) is 0. The molecule has 1 aliphatic heterocycles. The van der Waals surface area contributed by atoms with E-state index in [9.17, 15) is 0 Å². The molecule has 3 aromatic heterocycles. The van der Waals surface area contributed by atoms with Gasteiger partial charge in [-0.3, -0.25) is 9.58 Å². The summed E-state index contributed by atoms with van der Waals surface area (Å²) < 4.78 is 13.3. The lowest BCUT2D eigenvalue weighted by Crippen LogP contribution is -2.39. The van der Waals surface area contributed by atoms with E-state index in [0.717, 1.165) is 25.2 Å². The minimum absolute atomic E-state index is 0.124. The maximum absolute atomic E-state index is 5.88. The lowest BCUT2D eigenvalue weighted by atomic mass is 10.1. The van der Waals surface area contributed by atoms with Gasteiger partial charge in [-0.2, -0.15) is 5.10 Å². The van der Waals surface area contributed by atoms with Gasteiger partial charge in [0.25, 0.3) is 0 Å². The molecule has 0 aliphatic carbocycles. The monoisotopic (exact) mass is 351 g/mol. The van der Waals surface area contributed by atoms with Crippen LogP contribution in [-0.4, -0.2) is 44.9 Å². The van der Waals surface area contributed by atoms with E-state index in [1.54, 1.807) is 19.5 Å². The molecule has 134 valence electrons. The van der Waals surface area contributed by atoms with Crippen LogP contribution in [-0.2, 0) is 13.1 Å². The number of nitrogens with zero attached hydrogens (tertiary/aromatic N) is 5. The number of fused-ring (bicyclic) bond motifs is 1. The first-order valence-corrected chi connectivity index (χ1v) is 8.60. The van der Waals surface area contributed by atoms with Gasteiger partial charge in [0.2, 0.25) is 11.8 Å². The maximum atomic E-state index is 5.88.